The van der Waals surface area contributed by atoms with Crippen LogP contribution in [0.4, 0.5) is 0 Å². The van der Waals surface area contributed by atoms with Gasteiger partial charge in [0.05, 0.1) is 18.1 Å². The number of allylic oxidation sites excluding steroid dienone is 1. The Hall–Kier alpha value is -1.14. The molecule has 0 spiro atoms. The van der Waals surface area contributed by atoms with E-state index in [4.69, 9.17) is 5.26 Å². The predicted octanol–water partition coefficient (Wildman–Crippen LogP) is 3.77. The molecule has 124 valence electrons. The number of fused-ring (bicyclic) bond motifs is 5. The van der Waals surface area contributed by atoms with Gasteiger partial charge in [0.15, 0.2) is 5.78 Å². The van der Waals surface area contributed by atoms with Crippen LogP contribution >= 0.6 is 0 Å². The van der Waals surface area contributed by atoms with Crippen molar-refractivity contribution >= 4 is 5.78 Å². The summed E-state index contributed by atoms with van der Waals surface area (Å²) in [5, 5.41) is 20.3. The van der Waals surface area contributed by atoms with Crippen LogP contribution in [0.5, 0.6) is 0 Å². The molecule has 23 heavy (non-hydrogen) atoms. The molecule has 0 aromatic rings. The quantitative estimate of drug-likeness (QED) is 0.801. The molecule has 0 amide bonds. The van der Waals surface area contributed by atoms with Gasteiger partial charge >= 0.3 is 0 Å². The third-order valence-electron chi connectivity index (χ3n) is 7.99. The number of hydrogen-bond donors (Lipinski definition) is 1. The van der Waals surface area contributed by atoms with Crippen LogP contribution in [0, 0.1) is 40.4 Å². The molecule has 3 nitrogen and oxygen atoms in total. The number of hydrogen-bond acceptors (Lipinski definition) is 3. The Balaban J connectivity index is 1.63. The van der Waals surface area contributed by atoms with Crippen LogP contribution in [0.2, 0.25) is 0 Å². The van der Waals surface area contributed by atoms with E-state index >= 15 is 0 Å². The maximum Gasteiger partial charge on any atom is 0.155 e. The molecule has 0 saturated heterocycles. The molecule has 0 bridgehead atoms. The second kappa shape index (κ2) is 5.18. The van der Waals surface area contributed by atoms with E-state index < -0.39 is 5.60 Å². The van der Waals surface area contributed by atoms with E-state index in [1.807, 2.05) is 6.08 Å². The summed E-state index contributed by atoms with van der Waals surface area (Å²) in [6.45, 7) is 2.24. The van der Waals surface area contributed by atoms with Gasteiger partial charge in [0.2, 0.25) is 0 Å². The first-order valence-corrected chi connectivity index (χ1v) is 9.31. The van der Waals surface area contributed by atoms with E-state index in [1.165, 1.54) is 12.0 Å². The molecule has 1 N–H and O–H groups in total. The lowest BCUT2D eigenvalue weighted by Crippen LogP contribution is -2.52. The fourth-order valence-electron chi connectivity index (χ4n) is 6.71. The van der Waals surface area contributed by atoms with Crippen molar-refractivity contribution in [2.24, 2.45) is 29.1 Å². The minimum absolute atomic E-state index is 0.0877. The Kier molecular flexibility index (Phi) is 3.47. The molecule has 3 heteroatoms. The van der Waals surface area contributed by atoms with Gasteiger partial charge in [-0.1, -0.05) is 12.5 Å². The van der Waals surface area contributed by atoms with Crippen LogP contribution in [-0.2, 0) is 4.79 Å². The molecule has 6 atom stereocenters. The van der Waals surface area contributed by atoms with E-state index in [-0.39, 0.29) is 11.8 Å². The molecule has 4 rings (SSSR count). The van der Waals surface area contributed by atoms with Crippen LogP contribution in [0.25, 0.3) is 0 Å². The van der Waals surface area contributed by atoms with Crippen LogP contribution in [0.1, 0.15) is 64.7 Å². The number of rotatable bonds is 1. The maximum atomic E-state index is 11.7. The monoisotopic (exact) mass is 313 g/mol. The number of carbonyl (C=O) groups is 1. The average Bonchev–Trinajstić information content (AvgIpc) is 2.79. The summed E-state index contributed by atoms with van der Waals surface area (Å²) >= 11 is 0. The smallest absolute Gasteiger partial charge is 0.155 e. The van der Waals surface area contributed by atoms with Crippen molar-refractivity contribution in [2.75, 3.05) is 0 Å². The van der Waals surface area contributed by atoms with Gasteiger partial charge in [-0.05, 0) is 74.7 Å². The molecule has 3 saturated carbocycles. The number of ketones is 1. The van der Waals surface area contributed by atoms with E-state index in [0.29, 0.717) is 29.5 Å². The third-order valence-corrected chi connectivity index (χ3v) is 7.99. The van der Waals surface area contributed by atoms with Crippen molar-refractivity contribution in [3.63, 3.8) is 0 Å². The second-order valence-electron chi connectivity index (χ2n) is 8.66. The van der Waals surface area contributed by atoms with Gasteiger partial charge < -0.3 is 5.11 Å². The fraction of sp³-hybridized carbons (Fsp3) is 0.800. The van der Waals surface area contributed by atoms with E-state index in [1.54, 1.807) is 0 Å². The van der Waals surface area contributed by atoms with E-state index in [0.717, 1.165) is 44.9 Å². The van der Waals surface area contributed by atoms with E-state index in [2.05, 4.69) is 13.0 Å². The zero-order valence-electron chi connectivity index (χ0n) is 14.1. The lowest BCUT2D eigenvalue weighted by Gasteiger charge is -2.55. The molecule has 3 fully saturated rings. The van der Waals surface area contributed by atoms with E-state index in [9.17, 15) is 9.90 Å². The summed E-state index contributed by atoms with van der Waals surface area (Å²) in [7, 11) is 0. The van der Waals surface area contributed by atoms with Gasteiger partial charge in [-0.2, -0.15) is 5.26 Å². The molecule has 0 heterocycles. The van der Waals surface area contributed by atoms with Gasteiger partial charge in [0.1, 0.15) is 0 Å². The zero-order valence-corrected chi connectivity index (χ0v) is 14.1. The highest BCUT2D eigenvalue weighted by molar-refractivity contribution is 5.91. The summed E-state index contributed by atoms with van der Waals surface area (Å²) in [6, 6.07) is 2.23. The molecule has 0 aromatic heterocycles. The molecule has 4 aliphatic rings. The SMILES string of the molecule is CC12CC[C@H]3[C@@H](CCC4=CC(=O)CC[C@@H]43)[C@@H]1CC[C@@]2(O)CC#N. The first-order chi connectivity index (χ1) is 11.0. The first kappa shape index (κ1) is 15.4. The van der Waals surface area contributed by atoms with Crippen molar-refractivity contribution in [2.45, 2.75) is 70.3 Å². The lowest BCUT2D eigenvalue weighted by atomic mass is 9.50. The summed E-state index contributed by atoms with van der Waals surface area (Å²) in [5.74, 6) is 2.86. The number of nitriles is 1. The minimum Gasteiger partial charge on any atom is -0.388 e. The van der Waals surface area contributed by atoms with Crippen molar-refractivity contribution in [1.29, 1.82) is 5.26 Å². The van der Waals surface area contributed by atoms with Crippen molar-refractivity contribution in [3.05, 3.63) is 11.6 Å². The predicted molar refractivity (Wildman–Crippen MR) is 87.3 cm³/mol. The van der Waals surface area contributed by atoms with Gasteiger partial charge in [-0.25, -0.2) is 0 Å². The maximum absolute atomic E-state index is 11.7. The van der Waals surface area contributed by atoms with Gasteiger partial charge in [-0.3, -0.25) is 4.79 Å². The highest BCUT2D eigenvalue weighted by Gasteiger charge is 2.62. The number of nitrogens with zero attached hydrogens (tertiary/aromatic N) is 1. The van der Waals surface area contributed by atoms with Crippen LogP contribution in [0.3, 0.4) is 0 Å². The standard InChI is InChI=1S/C20H27NO2/c1-19-8-6-16-15-5-3-14(22)12-13(15)2-4-17(16)18(19)7-9-20(19,23)10-11-21/h12,15-18,23H,2-10H2,1H3/t15-,16+,17+,18-,19?,20+/m0/s1. The molecule has 4 aliphatic carbocycles. The molecular weight excluding hydrogens is 286 g/mol. The molecule has 1 unspecified atom stereocenters. The molecule has 0 aromatic carbocycles. The molecule has 0 aliphatic heterocycles. The summed E-state index contributed by atoms with van der Waals surface area (Å²) in [6.07, 6.45) is 10.3. The molecule has 0 radical (unpaired) electrons. The first-order valence-electron chi connectivity index (χ1n) is 9.31. The Morgan fingerprint density at radius 2 is 2.04 bits per heavy atom. The van der Waals surface area contributed by atoms with Crippen LogP contribution in [0.15, 0.2) is 11.6 Å². The molecular formula is C20H27NO2. The second-order valence-corrected chi connectivity index (χ2v) is 8.66. The van der Waals surface area contributed by atoms with Gasteiger partial charge in [0, 0.05) is 11.8 Å². The highest BCUT2D eigenvalue weighted by Crippen LogP contribution is 2.65. The summed E-state index contributed by atoms with van der Waals surface area (Å²) < 4.78 is 0. The van der Waals surface area contributed by atoms with Gasteiger partial charge in [-0.15, -0.1) is 0 Å². The van der Waals surface area contributed by atoms with Crippen LogP contribution in [-0.4, -0.2) is 16.5 Å². The zero-order chi connectivity index (χ0) is 16.2. The Morgan fingerprint density at radius 1 is 1.22 bits per heavy atom. The Morgan fingerprint density at radius 3 is 2.83 bits per heavy atom. The fourth-order valence-corrected chi connectivity index (χ4v) is 6.71. The lowest BCUT2D eigenvalue weighted by molar-refractivity contribution is -0.119. The van der Waals surface area contributed by atoms with Crippen LogP contribution < -0.4 is 0 Å². The summed E-state index contributed by atoms with van der Waals surface area (Å²) in [5.41, 5.74) is 0.544. The number of aliphatic hydroxyl groups is 1. The van der Waals surface area contributed by atoms with Crippen molar-refractivity contribution in [1.82, 2.24) is 0 Å². The topological polar surface area (TPSA) is 61.1 Å². The largest absolute Gasteiger partial charge is 0.388 e. The van der Waals surface area contributed by atoms with Crippen molar-refractivity contribution in [3.8, 4) is 6.07 Å². The van der Waals surface area contributed by atoms with Gasteiger partial charge in [0.25, 0.3) is 0 Å². The van der Waals surface area contributed by atoms with Crippen molar-refractivity contribution < 1.29 is 9.90 Å². The summed E-state index contributed by atoms with van der Waals surface area (Å²) in [4.78, 5) is 11.7. The number of carbonyl (C=O) groups excluding carboxylic acids is 1. The Labute approximate surface area is 138 Å². The average molecular weight is 313 g/mol. The Bertz CT molecular complexity index is 603. The highest BCUT2D eigenvalue weighted by atomic mass is 16.3. The minimum atomic E-state index is -0.782. The normalized spacial score (nSPS) is 48.7. The third kappa shape index (κ3) is 2.07.